The SMILES string of the molecule is Cc1nc(N2CCN(C(=O)c3ccc(Br)cc3)CC2)cc(-n2cccc2)n1. The predicted octanol–water partition coefficient (Wildman–Crippen LogP) is 3.30. The van der Waals surface area contributed by atoms with Gasteiger partial charge in [0, 0.05) is 54.7 Å². The van der Waals surface area contributed by atoms with E-state index in [2.05, 4.69) is 30.8 Å². The lowest BCUT2D eigenvalue weighted by atomic mass is 10.2. The largest absolute Gasteiger partial charge is 0.353 e. The van der Waals surface area contributed by atoms with Crippen molar-refractivity contribution in [3.05, 3.63) is 70.7 Å². The zero-order valence-electron chi connectivity index (χ0n) is 15.0. The van der Waals surface area contributed by atoms with Crippen LogP contribution in [0.3, 0.4) is 0 Å². The average molecular weight is 426 g/mol. The summed E-state index contributed by atoms with van der Waals surface area (Å²) < 4.78 is 2.95. The van der Waals surface area contributed by atoms with Gasteiger partial charge in [0.05, 0.1) is 0 Å². The van der Waals surface area contributed by atoms with Crippen molar-refractivity contribution in [2.45, 2.75) is 6.92 Å². The van der Waals surface area contributed by atoms with E-state index in [1.165, 1.54) is 0 Å². The Morgan fingerprint density at radius 1 is 0.963 bits per heavy atom. The first-order valence-corrected chi connectivity index (χ1v) is 9.68. The van der Waals surface area contributed by atoms with Gasteiger partial charge in [0.25, 0.3) is 5.91 Å². The molecule has 1 aliphatic rings. The Morgan fingerprint density at radius 2 is 1.59 bits per heavy atom. The van der Waals surface area contributed by atoms with Crippen molar-refractivity contribution in [1.29, 1.82) is 0 Å². The molecule has 0 spiro atoms. The average Bonchev–Trinajstić information content (AvgIpc) is 3.23. The first-order valence-electron chi connectivity index (χ1n) is 8.89. The van der Waals surface area contributed by atoms with Gasteiger partial charge in [-0.15, -0.1) is 0 Å². The van der Waals surface area contributed by atoms with Crippen LogP contribution in [0.25, 0.3) is 5.82 Å². The van der Waals surface area contributed by atoms with E-state index in [4.69, 9.17) is 0 Å². The molecule has 7 heteroatoms. The van der Waals surface area contributed by atoms with Crippen molar-refractivity contribution in [1.82, 2.24) is 19.4 Å². The molecule has 0 bridgehead atoms. The second-order valence-corrected chi connectivity index (χ2v) is 7.42. The van der Waals surface area contributed by atoms with E-state index < -0.39 is 0 Å². The number of carbonyl (C=O) groups excluding carboxylic acids is 1. The van der Waals surface area contributed by atoms with E-state index in [9.17, 15) is 4.79 Å². The number of benzene rings is 1. The van der Waals surface area contributed by atoms with Crippen molar-refractivity contribution in [3.63, 3.8) is 0 Å². The molecule has 0 unspecified atom stereocenters. The van der Waals surface area contributed by atoms with Gasteiger partial charge < -0.3 is 14.4 Å². The number of aromatic nitrogens is 3. The maximum atomic E-state index is 12.7. The molecule has 138 valence electrons. The van der Waals surface area contributed by atoms with Gasteiger partial charge in [-0.05, 0) is 43.3 Å². The lowest BCUT2D eigenvalue weighted by Gasteiger charge is -2.35. The summed E-state index contributed by atoms with van der Waals surface area (Å²) in [5.41, 5.74) is 0.722. The Hall–Kier alpha value is -2.67. The van der Waals surface area contributed by atoms with Crippen molar-refractivity contribution in [2.75, 3.05) is 31.1 Å². The molecule has 0 radical (unpaired) electrons. The number of hydrogen-bond donors (Lipinski definition) is 0. The molecule has 6 nitrogen and oxygen atoms in total. The molecule has 1 aliphatic heterocycles. The molecule has 0 N–H and O–H groups in total. The highest BCUT2D eigenvalue weighted by Crippen LogP contribution is 2.19. The Morgan fingerprint density at radius 3 is 2.26 bits per heavy atom. The zero-order chi connectivity index (χ0) is 18.8. The minimum Gasteiger partial charge on any atom is -0.353 e. The molecule has 2 aromatic heterocycles. The summed E-state index contributed by atoms with van der Waals surface area (Å²) in [4.78, 5) is 25.9. The fourth-order valence-corrected chi connectivity index (χ4v) is 3.50. The van der Waals surface area contributed by atoms with Crippen molar-refractivity contribution in [2.24, 2.45) is 0 Å². The molecule has 1 aromatic carbocycles. The first kappa shape index (κ1) is 17.7. The van der Waals surface area contributed by atoms with Crippen molar-refractivity contribution < 1.29 is 4.79 Å². The maximum Gasteiger partial charge on any atom is 0.253 e. The summed E-state index contributed by atoms with van der Waals surface area (Å²) >= 11 is 3.40. The molecule has 27 heavy (non-hydrogen) atoms. The summed E-state index contributed by atoms with van der Waals surface area (Å²) in [6.07, 6.45) is 3.95. The Bertz CT molecular complexity index is 932. The molecule has 0 aliphatic carbocycles. The van der Waals surface area contributed by atoms with Crippen LogP contribution in [0.2, 0.25) is 0 Å². The lowest BCUT2D eigenvalue weighted by Crippen LogP contribution is -2.49. The van der Waals surface area contributed by atoms with Crippen LogP contribution in [0, 0.1) is 6.92 Å². The molecule has 0 atom stereocenters. The van der Waals surface area contributed by atoms with Crippen LogP contribution in [0.15, 0.2) is 59.3 Å². The Balaban J connectivity index is 1.46. The normalized spacial score (nSPS) is 14.4. The van der Waals surface area contributed by atoms with E-state index in [0.29, 0.717) is 13.1 Å². The molecule has 1 fully saturated rings. The molecule has 0 saturated carbocycles. The Labute approximate surface area is 166 Å². The van der Waals surface area contributed by atoms with E-state index in [0.717, 1.165) is 40.6 Å². The second-order valence-electron chi connectivity index (χ2n) is 6.51. The fraction of sp³-hybridized carbons (Fsp3) is 0.250. The molecule has 1 amide bonds. The number of carbonyl (C=O) groups is 1. The van der Waals surface area contributed by atoms with Crippen LogP contribution in [-0.4, -0.2) is 51.5 Å². The highest BCUT2D eigenvalue weighted by Gasteiger charge is 2.23. The fourth-order valence-electron chi connectivity index (χ4n) is 3.23. The highest BCUT2D eigenvalue weighted by atomic mass is 79.9. The number of nitrogens with zero attached hydrogens (tertiary/aromatic N) is 5. The van der Waals surface area contributed by atoms with Crippen LogP contribution in [0.5, 0.6) is 0 Å². The Kier molecular flexibility index (Phi) is 4.94. The molecule has 1 saturated heterocycles. The second kappa shape index (κ2) is 7.52. The van der Waals surface area contributed by atoms with Gasteiger partial charge >= 0.3 is 0 Å². The van der Waals surface area contributed by atoms with Crippen LogP contribution in [-0.2, 0) is 0 Å². The number of anilines is 1. The molecule has 3 heterocycles. The minimum absolute atomic E-state index is 0.0778. The summed E-state index contributed by atoms with van der Waals surface area (Å²) in [5.74, 6) is 2.58. The molecule has 3 aromatic rings. The number of halogens is 1. The third-order valence-electron chi connectivity index (χ3n) is 4.66. The number of hydrogen-bond acceptors (Lipinski definition) is 4. The summed E-state index contributed by atoms with van der Waals surface area (Å²) in [6.45, 7) is 4.77. The predicted molar refractivity (Wildman–Crippen MR) is 108 cm³/mol. The smallest absolute Gasteiger partial charge is 0.253 e. The topological polar surface area (TPSA) is 54.3 Å². The molecule has 4 rings (SSSR count). The summed E-state index contributed by atoms with van der Waals surface area (Å²) in [6, 6.07) is 13.5. The maximum absolute atomic E-state index is 12.7. The van der Waals surface area contributed by atoms with Gasteiger partial charge in [0.2, 0.25) is 0 Å². The van der Waals surface area contributed by atoms with Gasteiger partial charge in [-0.25, -0.2) is 9.97 Å². The number of rotatable bonds is 3. The summed E-state index contributed by atoms with van der Waals surface area (Å²) in [5, 5.41) is 0. The molecular weight excluding hydrogens is 406 g/mol. The van der Waals surface area contributed by atoms with Crippen LogP contribution in [0.1, 0.15) is 16.2 Å². The van der Waals surface area contributed by atoms with Gasteiger partial charge in [-0.1, -0.05) is 15.9 Å². The van der Waals surface area contributed by atoms with Crippen molar-refractivity contribution >= 4 is 27.7 Å². The van der Waals surface area contributed by atoms with E-state index in [1.54, 1.807) is 0 Å². The van der Waals surface area contributed by atoms with Crippen LogP contribution >= 0.6 is 15.9 Å². The number of piperazine rings is 1. The van der Waals surface area contributed by atoms with Crippen molar-refractivity contribution in [3.8, 4) is 5.82 Å². The van der Waals surface area contributed by atoms with Gasteiger partial charge in [-0.3, -0.25) is 4.79 Å². The van der Waals surface area contributed by atoms with Gasteiger partial charge in [0.1, 0.15) is 17.5 Å². The number of aryl methyl sites for hydroxylation is 1. The van der Waals surface area contributed by atoms with E-state index in [1.807, 2.05) is 71.2 Å². The van der Waals surface area contributed by atoms with E-state index in [-0.39, 0.29) is 5.91 Å². The van der Waals surface area contributed by atoms with Crippen LogP contribution < -0.4 is 4.90 Å². The lowest BCUT2D eigenvalue weighted by molar-refractivity contribution is 0.0746. The van der Waals surface area contributed by atoms with E-state index >= 15 is 0 Å². The zero-order valence-corrected chi connectivity index (χ0v) is 16.6. The minimum atomic E-state index is 0.0778. The summed E-state index contributed by atoms with van der Waals surface area (Å²) in [7, 11) is 0. The molecular formula is C20H20BrN5O. The first-order chi connectivity index (χ1) is 13.1. The van der Waals surface area contributed by atoms with Crippen LogP contribution in [0.4, 0.5) is 5.82 Å². The number of amides is 1. The standard InChI is InChI=1S/C20H20BrN5O/c1-15-22-18(24-8-2-3-9-24)14-19(23-15)25-10-12-26(13-11-25)20(27)16-4-6-17(21)7-5-16/h2-9,14H,10-13H2,1H3. The monoisotopic (exact) mass is 425 g/mol. The third kappa shape index (κ3) is 3.88. The van der Waals surface area contributed by atoms with Gasteiger partial charge in [0.15, 0.2) is 0 Å². The quantitative estimate of drug-likeness (QED) is 0.645. The highest BCUT2D eigenvalue weighted by molar-refractivity contribution is 9.10. The third-order valence-corrected chi connectivity index (χ3v) is 5.19. The van der Waals surface area contributed by atoms with Gasteiger partial charge in [-0.2, -0.15) is 0 Å².